The van der Waals surface area contributed by atoms with Crippen LogP contribution in [0.2, 0.25) is 0 Å². The molecule has 3 aromatic rings. The Labute approximate surface area is 169 Å². The molecule has 1 aliphatic heterocycles. The van der Waals surface area contributed by atoms with E-state index in [4.69, 9.17) is 0 Å². The second-order valence-electron chi connectivity index (χ2n) is 7.04. The quantitative estimate of drug-likeness (QED) is 0.551. The van der Waals surface area contributed by atoms with Crippen molar-refractivity contribution >= 4 is 15.9 Å². The number of aromatic amines is 2. The fourth-order valence-corrected chi connectivity index (χ4v) is 5.02. The fourth-order valence-electron chi connectivity index (χ4n) is 3.51. The number of carbonyl (C=O) groups excluding carboxylic acids is 1. The molecule has 29 heavy (non-hydrogen) atoms. The zero-order valence-corrected chi connectivity index (χ0v) is 16.7. The summed E-state index contributed by atoms with van der Waals surface area (Å²) >= 11 is 0. The molecule has 2 aromatic heterocycles. The van der Waals surface area contributed by atoms with E-state index in [2.05, 4.69) is 20.3 Å². The molecule has 1 saturated heterocycles. The van der Waals surface area contributed by atoms with Crippen LogP contribution < -0.4 is 5.32 Å². The summed E-state index contributed by atoms with van der Waals surface area (Å²) in [4.78, 5) is 23.1. The zero-order valence-electron chi connectivity index (χ0n) is 15.8. The smallest absolute Gasteiger partial charge is 0.268 e. The predicted molar refractivity (Wildman–Crippen MR) is 108 cm³/mol. The van der Waals surface area contributed by atoms with Crippen molar-refractivity contribution < 1.29 is 13.2 Å². The first kappa shape index (κ1) is 19.4. The minimum atomic E-state index is -3.57. The summed E-state index contributed by atoms with van der Waals surface area (Å²) in [5.41, 5.74) is 1.15. The van der Waals surface area contributed by atoms with E-state index < -0.39 is 10.0 Å². The summed E-state index contributed by atoms with van der Waals surface area (Å²) in [6.07, 6.45) is 7.00. The Morgan fingerprint density at radius 1 is 1.17 bits per heavy atom. The predicted octanol–water partition coefficient (Wildman–Crippen LogP) is 2.24. The lowest BCUT2D eigenvalue weighted by Gasteiger charge is -2.18. The van der Waals surface area contributed by atoms with Crippen molar-refractivity contribution in [2.45, 2.75) is 30.2 Å². The maximum Gasteiger partial charge on any atom is 0.268 e. The molecule has 1 atom stereocenters. The van der Waals surface area contributed by atoms with Crippen LogP contribution in [0.4, 0.5) is 0 Å². The van der Waals surface area contributed by atoms with E-state index in [0.29, 0.717) is 19.5 Å². The molecule has 9 heteroatoms. The van der Waals surface area contributed by atoms with Gasteiger partial charge in [0.15, 0.2) is 0 Å². The topological polar surface area (TPSA) is 111 Å². The van der Waals surface area contributed by atoms with E-state index in [1.807, 2.05) is 30.3 Å². The van der Waals surface area contributed by atoms with Gasteiger partial charge < -0.3 is 15.3 Å². The Morgan fingerprint density at radius 3 is 2.62 bits per heavy atom. The second-order valence-corrected chi connectivity index (χ2v) is 8.97. The highest BCUT2D eigenvalue weighted by atomic mass is 32.2. The Bertz CT molecular complexity index is 1050. The average Bonchev–Trinajstić information content (AvgIpc) is 3.50. The molecule has 1 aliphatic rings. The first-order valence-corrected chi connectivity index (χ1v) is 11.0. The molecular weight excluding hydrogens is 390 g/mol. The van der Waals surface area contributed by atoms with Crippen molar-refractivity contribution in [1.82, 2.24) is 24.6 Å². The number of sulfonamides is 1. The number of imidazole rings is 1. The van der Waals surface area contributed by atoms with Crippen molar-refractivity contribution in [3.05, 3.63) is 72.1 Å². The van der Waals surface area contributed by atoms with Crippen LogP contribution in [0.15, 0.2) is 59.9 Å². The molecule has 0 bridgehead atoms. The highest BCUT2D eigenvalue weighted by Gasteiger charge is 2.29. The van der Waals surface area contributed by atoms with Crippen molar-refractivity contribution in [1.29, 1.82) is 0 Å². The molecule has 4 rings (SSSR count). The first-order chi connectivity index (χ1) is 14.0. The molecule has 1 unspecified atom stereocenters. The summed E-state index contributed by atoms with van der Waals surface area (Å²) in [6.45, 7) is 1.04. The third-order valence-corrected chi connectivity index (χ3v) is 6.94. The van der Waals surface area contributed by atoms with Crippen molar-refractivity contribution in [3.8, 4) is 0 Å². The summed E-state index contributed by atoms with van der Waals surface area (Å²) in [6, 6.07) is 10.7. The summed E-state index contributed by atoms with van der Waals surface area (Å²) in [5, 5.41) is 2.98. The van der Waals surface area contributed by atoms with E-state index in [9.17, 15) is 13.2 Å². The van der Waals surface area contributed by atoms with Gasteiger partial charge in [-0.1, -0.05) is 30.3 Å². The van der Waals surface area contributed by atoms with Gasteiger partial charge in [-0.25, -0.2) is 13.4 Å². The Balaban J connectivity index is 1.53. The van der Waals surface area contributed by atoms with Gasteiger partial charge in [0.25, 0.3) is 5.91 Å². The third-order valence-electron chi connectivity index (χ3n) is 5.06. The maximum absolute atomic E-state index is 12.8. The number of hydrogen-bond acceptors (Lipinski definition) is 4. The Hall–Kier alpha value is -2.91. The van der Waals surface area contributed by atoms with Crippen molar-refractivity contribution in [2.24, 2.45) is 0 Å². The van der Waals surface area contributed by atoms with Gasteiger partial charge >= 0.3 is 0 Å². The number of rotatable bonds is 7. The highest BCUT2D eigenvalue weighted by Crippen LogP contribution is 2.22. The minimum Gasteiger partial charge on any atom is -0.356 e. The van der Waals surface area contributed by atoms with E-state index in [1.54, 1.807) is 12.4 Å². The van der Waals surface area contributed by atoms with Gasteiger partial charge in [-0.05, 0) is 24.5 Å². The van der Waals surface area contributed by atoms with E-state index in [0.717, 1.165) is 24.2 Å². The van der Waals surface area contributed by atoms with Crippen LogP contribution in [0.1, 0.15) is 40.8 Å². The number of hydrogen-bond donors (Lipinski definition) is 3. The highest BCUT2D eigenvalue weighted by molar-refractivity contribution is 7.89. The Kier molecular flexibility index (Phi) is 5.50. The molecule has 152 valence electrons. The lowest BCUT2D eigenvalue weighted by molar-refractivity contribution is 0.0931. The number of nitrogens with one attached hydrogen (secondary N) is 3. The first-order valence-electron chi connectivity index (χ1n) is 9.56. The molecule has 0 aliphatic carbocycles. The standard InChI is InChI=1S/C20H23N5O3S/c26-20(18-12-16(14-23-18)29(27,28)25-10-4-5-11-25)24-17(13-19-21-8-9-22-19)15-6-2-1-3-7-15/h1-3,6-9,12,14,17,23H,4-5,10-11,13H2,(H,21,22)(H,24,26). The third kappa shape index (κ3) is 4.25. The summed E-state index contributed by atoms with van der Waals surface area (Å²) < 4.78 is 26.8. The van der Waals surface area contributed by atoms with Gasteiger partial charge in [-0.2, -0.15) is 4.31 Å². The molecule has 0 radical (unpaired) electrons. The van der Waals surface area contributed by atoms with Crippen LogP contribution >= 0.6 is 0 Å². The second kappa shape index (κ2) is 8.22. The van der Waals surface area contributed by atoms with E-state index in [1.165, 1.54) is 16.6 Å². The van der Waals surface area contributed by atoms with Gasteiger partial charge in [0.05, 0.1) is 6.04 Å². The van der Waals surface area contributed by atoms with Gasteiger partial charge in [0.2, 0.25) is 10.0 Å². The van der Waals surface area contributed by atoms with Crippen LogP contribution in [-0.4, -0.2) is 46.7 Å². The fraction of sp³-hybridized carbons (Fsp3) is 0.300. The number of H-pyrrole nitrogens is 2. The van der Waals surface area contributed by atoms with Gasteiger partial charge in [-0.15, -0.1) is 0 Å². The van der Waals surface area contributed by atoms with Crippen molar-refractivity contribution in [3.63, 3.8) is 0 Å². The molecule has 0 saturated carbocycles. The van der Waals surface area contributed by atoms with Crippen LogP contribution in [0.5, 0.6) is 0 Å². The molecule has 1 amide bonds. The lowest BCUT2D eigenvalue weighted by atomic mass is 10.0. The SMILES string of the molecule is O=C(NC(Cc1ncc[nH]1)c1ccccc1)c1cc(S(=O)(=O)N2CCCC2)c[nH]1. The van der Waals surface area contributed by atoms with Crippen molar-refractivity contribution in [2.75, 3.05) is 13.1 Å². The number of benzene rings is 1. The molecule has 3 N–H and O–H groups in total. The molecule has 0 spiro atoms. The number of aromatic nitrogens is 3. The van der Waals surface area contributed by atoms with Crippen LogP contribution in [0, 0.1) is 0 Å². The summed E-state index contributed by atoms with van der Waals surface area (Å²) in [5.74, 6) is 0.385. The van der Waals surface area contributed by atoms with Crippen LogP contribution in [-0.2, 0) is 16.4 Å². The minimum absolute atomic E-state index is 0.117. The summed E-state index contributed by atoms with van der Waals surface area (Å²) in [7, 11) is -3.57. The molecule has 1 aromatic carbocycles. The maximum atomic E-state index is 12.8. The molecule has 3 heterocycles. The molecule has 1 fully saturated rings. The monoisotopic (exact) mass is 413 g/mol. The normalized spacial score (nSPS) is 16.0. The van der Waals surface area contributed by atoms with Gasteiger partial charge in [-0.3, -0.25) is 4.79 Å². The largest absolute Gasteiger partial charge is 0.356 e. The number of nitrogens with zero attached hydrogens (tertiary/aromatic N) is 2. The van der Waals surface area contributed by atoms with Gasteiger partial charge in [0.1, 0.15) is 16.4 Å². The number of amides is 1. The molecular formula is C20H23N5O3S. The zero-order chi connectivity index (χ0) is 20.3. The number of carbonyl (C=O) groups is 1. The van der Waals surface area contributed by atoms with Crippen LogP contribution in [0.3, 0.4) is 0 Å². The molecule has 8 nitrogen and oxygen atoms in total. The van der Waals surface area contributed by atoms with Crippen LogP contribution in [0.25, 0.3) is 0 Å². The Morgan fingerprint density at radius 2 is 1.93 bits per heavy atom. The van der Waals surface area contributed by atoms with Gasteiger partial charge in [0, 0.05) is 38.1 Å². The average molecular weight is 414 g/mol. The van der Waals surface area contributed by atoms with E-state index in [-0.39, 0.29) is 22.5 Å². The lowest BCUT2D eigenvalue weighted by Crippen LogP contribution is -2.30. The van der Waals surface area contributed by atoms with E-state index >= 15 is 0 Å².